The van der Waals surface area contributed by atoms with Gasteiger partial charge in [-0.15, -0.1) is 5.10 Å². The minimum Gasteiger partial charge on any atom is -0.449 e. The van der Waals surface area contributed by atoms with Crippen molar-refractivity contribution in [3.63, 3.8) is 0 Å². The summed E-state index contributed by atoms with van der Waals surface area (Å²) in [5.74, 6) is -0.484. The molecule has 0 saturated heterocycles. The Bertz CT molecular complexity index is 2350. The van der Waals surface area contributed by atoms with Gasteiger partial charge in [-0.3, -0.25) is 24.5 Å². The number of primary amides is 1. The van der Waals surface area contributed by atoms with Crippen LogP contribution in [0.25, 0.3) is 0 Å². The fourth-order valence-electron chi connectivity index (χ4n) is 8.71. The third-order valence-corrected chi connectivity index (χ3v) is 13.0. The summed E-state index contributed by atoms with van der Waals surface area (Å²) in [5.41, 5.74) is 12.6. The normalized spacial score (nSPS) is 17.5. The Morgan fingerprint density at radius 1 is 0.889 bits per heavy atom. The highest BCUT2D eigenvalue weighted by molar-refractivity contribution is 5.98. The van der Waals surface area contributed by atoms with E-state index in [9.17, 15) is 38.9 Å². The Labute approximate surface area is 419 Å². The Hall–Kier alpha value is -6.88. The zero-order chi connectivity index (χ0) is 52.8. The predicted octanol–water partition coefficient (Wildman–Crippen LogP) is 5.09. The van der Waals surface area contributed by atoms with Crippen molar-refractivity contribution >= 4 is 47.4 Å². The molecule has 5 rings (SSSR count). The molecule has 9 N–H and O–H groups in total. The summed E-state index contributed by atoms with van der Waals surface area (Å²) >= 11 is 0. The molecular formula is C49H71N11O12. The predicted molar refractivity (Wildman–Crippen MR) is 263 cm³/mol. The number of anilines is 1. The summed E-state index contributed by atoms with van der Waals surface area (Å²) in [6, 6.07) is 8.50. The second-order valence-corrected chi connectivity index (χ2v) is 20.0. The number of hydrogen-bond donors (Lipinski definition) is 7. The number of benzene rings is 2. The number of nitrogens with one attached hydrogen (secondary N) is 5. The number of rotatable bonds is 25. The van der Waals surface area contributed by atoms with Crippen molar-refractivity contribution < 1.29 is 52.6 Å². The van der Waals surface area contributed by atoms with E-state index in [1.165, 1.54) is 24.3 Å². The lowest BCUT2D eigenvalue weighted by atomic mass is 9.97. The molecule has 0 bridgehead atoms. The van der Waals surface area contributed by atoms with E-state index in [1.54, 1.807) is 45.0 Å². The van der Waals surface area contributed by atoms with Crippen LogP contribution in [-0.2, 0) is 53.6 Å². The molecule has 6 amide bonds. The van der Waals surface area contributed by atoms with Crippen LogP contribution in [0.5, 0.6) is 5.75 Å². The number of alkyl carbamates (subject to hydrolysis) is 1. The Morgan fingerprint density at radius 2 is 1.57 bits per heavy atom. The Balaban J connectivity index is 1.08. The van der Waals surface area contributed by atoms with Gasteiger partial charge in [-0.2, -0.15) is 0 Å². The van der Waals surface area contributed by atoms with Gasteiger partial charge in [0.25, 0.3) is 5.69 Å². The van der Waals surface area contributed by atoms with Gasteiger partial charge < -0.3 is 57.0 Å². The SMILES string of the molecule is CC(N)NC(=O)OCC1C2CCc3nnn(C(C)(C)CCOC(C)(C)CCC(=O)NC(C(=O)N[C@@H](CCCNC(N)=O)C(=O)Nc4ccc(COC(=O)Oc5ccc([N+](=O)[O-])cc5)cc4)C(C)C)c3CCC21. The number of fused-ring (bicyclic) bond motifs is 2. The van der Waals surface area contributed by atoms with Crippen molar-refractivity contribution in [1.29, 1.82) is 0 Å². The average Bonchev–Trinajstić information content (AvgIpc) is 3.79. The quantitative estimate of drug-likeness (QED) is 0.0145. The molecule has 394 valence electrons. The van der Waals surface area contributed by atoms with Crippen LogP contribution in [-0.4, -0.2) is 99.5 Å². The smallest absolute Gasteiger partial charge is 0.449 e. The van der Waals surface area contributed by atoms with Crippen LogP contribution in [0.2, 0.25) is 0 Å². The highest BCUT2D eigenvalue weighted by Crippen LogP contribution is 2.53. The number of nitro benzene ring substituents is 1. The van der Waals surface area contributed by atoms with Gasteiger partial charge in [0.05, 0.1) is 40.2 Å². The van der Waals surface area contributed by atoms with Gasteiger partial charge in [0.1, 0.15) is 24.4 Å². The van der Waals surface area contributed by atoms with Gasteiger partial charge in [0, 0.05) is 37.4 Å². The molecule has 72 heavy (non-hydrogen) atoms. The molecule has 1 aromatic heterocycles. The highest BCUT2D eigenvalue weighted by atomic mass is 16.7. The third-order valence-electron chi connectivity index (χ3n) is 13.0. The fourth-order valence-corrected chi connectivity index (χ4v) is 8.71. The lowest BCUT2D eigenvalue weighted by molar-refractivity contribution is -0.384. The van der Waals surface area contributed by atoms with Crippen molar-refractivity contribution in [3.05, 3.63) is 75.6 Å². The summed E-state index contributed by atoms with van der Waals surface area (Å²) in [6.07, 6.45) is 3.01. The molecular weight excluding hydrogens is 935 g/mol. The molecule has 0 spiro atoms. The molecule has 23 nitrogen and oxygen atoms in total. The van der Waals surface area contributed by atoms with Gasteiger partial charge in [0.2, 0.25) is 17.7 Å². The van der Waals surface area contributed by atoms with Crippen LogP contribution in [0.4, 0.5) is 25.8 Å². The van der Waals surface area contributed by atoms with Crippen LogP contribution >= 0.6 is 0 Å². The molecule has 0 aliphatic heterocycles. The molecule has 5 unspecified atom stereocenters. The van der Waals surface area contributed by atoms with Crippen LogP contribution in [0.15, 0.2) is 48.5 Å². The van der Waals surface area contributed by atoms with E-state index in [0.717, 1.165) is 37.1 Å². The molecule has 1 saturated carbocycles. The van der Waals surface area contributed by atoms with Crippen LogP contribution in [0.3, 0.4) is 0 Å². The van der Waals surface area contributed by atoms with E-state index in [-0.39, 0.29) is 55.7 Å². The highest BCUT2D eigenvalue weighted by Gasteiger charge is 2.50. The molecule has 2 aromatic carbocycles. The topological polar surface area (TPSA) is 325 Å². The number of amides is 6. The van der Waals surface area contributed by atoms with E-state index in [2.05, 4.69) is 50.7 Å². The number of aromatic nitrogens is 3. The maximum atomic E-state index is 13.8. The second-order valence-electron chi connectivity index (χ2n) is 20.0. The first-order chi connectivity index (χ1) is 34.0. The van der Waals surface area contributed by atoms with Crippen molar-refractivity contribution in [2.24, 2.45) is 35.1 Å². The van der Waals surface area contributed by atoms with Crippen LogP contribution < -0.4 is 42.8 Å². The molecule has 3 aromatic rings. The zero-order valence-electron chi connectivity index (χ0n) is 42.2. The lowest BCUT2D eigenvalue weighted by Gasteiger charge is -2.31. The monoisotopic (exact) mass is 1010 g/mol. The molecule has 23 heteroatoms. The van der Waals surface area contributed by atoms with Gasteiger partial charge in [0.15, 0.2) is 0 Å². The number of aryl methyl sites for hydroxylation is 1. The maximum Gasteiger partial charge on any atom is 0.514 e. The minimum absolute atomic E-state index is 0.0630. The first-order valence-corrected chi connectivity index (χ1v) is 24.4. The first kappa shape index (κ1) is 56.0. The molecule has 2 aliphatic carbocycles. The largest absolute Gasteiger partial charge is 0.514 e. The molecule has 2 aliphatic rings. The van der Waals surface area contributed by atoms with Gasteiger partial charge in [-0.05, 0) is 139 Å². The van der Waals surface area contributed by atoms with Gasteiger partial charge >= 0.3 is 18.3 Å². The molecule has 6 atom stereocenters. The van der Waals surface area contributed by atoms with Crippen LogP contribution in [0, 0.1) is 33.8 Å². The first-order valence-electron chi connectivity index (χ1n) is 24.4. The van der Waals surface area contributed by atoms with E-state index >= 15 is 0 Å². The third kappa shape index (κ3) is 17.2. The Morgan fingerprint density at radius 3 is 2.21 bits per heavy atom. The fraction of sp³-hybridized carbons (Fsp3) is 0.592. The zero-order valence-corrected chi connectivity index (χ0v) is 42.2. The number of nitrogens with zero attached hydrogens (tertiary/aromatic N) is 4. The van der Waals surface area contributed by atoms with Crippen molar-refractivity contribution in [3.8, 4) is 5.75 Å². The van der Waals surface area contributed by atoms with Gasteiger partial charge in [-0.25, -0.2) is 19.1 Å². The molecule has 1 heterocycles. The molecule has 1 fully saturated rings. The van der Waals surface area contributed by atoms with E-state index in [4.69, 9.17) is 30.4 Å². The van der Waals surface area contributed by atoms with Crippen molar-refractivity contribution in [2.75, 3.05) is 25.1 Å². The second kappa shape index (κ2) is 25.5. The summed E-state index contributed by atoms with van der Waals surface area (Å²) in [6.45, 7) is 14.0. The van der Waals surface area contributed by atoms with Crippen molar-refractivity contribution in [2.45, 2.75) is 142 Å². The summed E-state index contributed by atoms with van der Waals surface area (Å²) in [4.78, 5) is 86.6. The number of urea groups is 1. The number of nitrogens with two attached hydrogens (primary N) is 2. The summed E-state index contributed by atoms with van der Waals surface area (Å²) < 4.78 is 24.0. The van der Waals surface area contributed by atoms with Crippen LogP contribution in [0.1, 0.15) is 110 Å². The standard InChI is InChI=1S/C49H71N11O12/c1-29(2)42(44(63)55-39(9-8-25-52-45(51)64)43(62)54-32-12-10-31(11-13-32)27-70-47(66)72-34-16-14-33(15-17-34)60(67)68)56-41(61)22-23-49(6,7)71-26-24-48(4,5)59-40-21-19-36-35(18-20-38(40)57-58-59)37(36)28-69-46(65)53-30(3)50/h10-17,29-30,35-37,39,42H,8-9,18-28,50H2,1-7H3,(H,53,65)(H,54,62)(H,55,63)(H,56,61)(H3,51,52,64)/t30?,35?,36?,37?,39-,42?/m0/s1. The number of carbonyl (C=O) groups is 6. The van der Waals surface area contributed by atoms with Gasteiger partial charge in [-0.1, -0.05) is 31.2 Å². The average molecular weight is 1010 g/mol. The van der Waals surface area contributed by atoms with E-state index in [1.807, 2.05) is 18.5 Å². The number of non-ortho nitro benzene ring substituents is 1. The minimum atomic E-state index is -1.07. The Kier molecular flexibility index (Phi) is 19.8. The van der Waals surface area contributed by atoms with E-state index < -0.39 is 64.4 Å². The van der Waals surface area contributed by atoms with Crippen molar-refractivity contribution in [1.82, 2.24) is 36.3 Å². The number of carbonyl (C=O) groups excluding carboxylic acids is 6. The number of hydrogen-bond acceptors (Lipinski definition) is 15. The lowest BCUT2D eigenvalue weighted by Crippen LogP contribution is -2.54. The number of ether oxygens (including phenoxy) is 4. The van der Waals surface area contributed by atoms with E-state index in [0.29, 0.717) is 55.1 Å². The number of nitro groups is 1. The summed E-state index contributed by atoms with van der Waals surface area (Å²) in [7, 11) is 0. The summed E-state index contributed by atoms with van der Waals surface area (Å²) in [5, 5.41) is 33.5. The maximum absolute atomic E-state index is 13.8. The molecule has 0 radical (unpaired) electrons.